The summed E-state index contributed by atoms with van der Waals surface area (Å²) in [7, 11) is 0. The fourth-order valence-electron chi connectivity index (χ4n) is 2.76. The number of hydrogen-bond donors (Lipinski definition) is 0. The highest BCUT2D eigenvalue weighted by Crippen LogP contribution is 2.39. The third-order valence-corrected chi connectivity index (χ3v) is 3.43. The van der Waals surface area contributed by atoms with E-state index in [1.807, 2.05) is 0 Å². The van der Waals surface area contributed by atoms with Gasteiger partial charge in [0.1, 0.15) is 0 Å². The molecule has 0 unspecified atom stereocenters. The lowest BCUT2D eigenvalue weighted by Gasteiger charge is -2.34. The van der Waals surface area contributed by atoms with E-state index in [-0.39, 0.29) is 5.92 Å². The number of esters is 1. The average molecular weight is 248 g/mol. The van der Waals surface area contributed by atoms with Crippen LogP contribution in [0, 0.1) is 17.8 Å². The molecule has 2 rings (SSSR count). The molecule has 1 fully saturated rings. The zero-order valence-electron chi connectivity index (χ0n) is 9.37. The van der Waals surface area contributed by atoms with Gasteiger partial charge in [0.05, 0.1) is 5.92 Å². The molecule has 2 bridgehead atoms. The van der Waals surface area contributed by atoms with Gasteiger partial charge in [-0.25, -0.2) is 0 Å². The molecule has 2 nitrogen and oxygen atoms in total. The molecule has 0 aromatic carbocycles. The van der Waals surface area contributed by atoms with Gasteiger partial charge in [0.2, 0.25) is 0 Å². The zero-order chi connectivity index (χ0) is 12.5. The van der Waals surface area contributed by atoms with Crippen molar-refractivity contribution in [2.75, 3.05) is 6.61 Å². The number of allylic oxidation sites excluding steroid dienone is 2. The number of carbonyl (C=O) groups is 1. The van der Waals surface area contributed by atoms with E-state index in [0.29, 0.717) is 24.7 Å². The highest BCUT2D eigenvalue weighted by molar-refractivity contribution is 5.72. The lowest BCUT2D eigenvalue weighted by atomic mass is 9.71. The Morgan fingerprint density at radius 2 is 2.06 bits per heavy atom. The van der Waals surface area contributed by atoms with Crippen LogP contribution in [-0.4, -0.2) is 18.8 Å². The topological polar surface area (TPSA) is 26.3 Å². The predicted octanol–water partition coefficient (Wildman–Crippen LogP) is 3.08. The molecule has 17 heavy (non-hydrogen) atoms. The Morgan fingerprint density at radius 1 is 1.29 bits per heavy atom. The summed E-state index contributed by atoms with van der Waals surface area (Å²) in [6, 6.07) is 0. The van der Waals surface area contributed by atoms with Gasteiger partial charge < -0.3 is 4.74 Å². The van der Waals surface area contributed by atoms with Crippen LogP contribution >= 0.6 is 0 Å². The summed E-state index contributed by atoms with van der Waals surface area (Å²) in [6.07, 6.45) is 3.02. The number of hydrogen-bond acceptors (Lipinski definition) is 2. The number of ether oxygens (including phenoxy) is 1. The SMILES string of the molecule is O=C(OCC(F)(F)F)[C@H]1C[C@H]2C=CC[C@H](C2)C1. The Kier molecular flexibility index (Phi) is 3.45. The summed E-state index contributed by atoms with van der Waals surface area (Å²) in [5.74, 6) is -0.272. The second-order valence-electron chi connectivity index (χ2n) is 4.92. The molecule has 5 heteroatoms. The van der Waals surface area contributed by atoms with Crippen LogP contribution < -0.4 is 0 Å². The minimum atomic E-state index is -4.43. The van der Waals surface area contributed by atoms with E-state index >= 15 is 0 Å². The molecule has 2 aliphatic rings. The zero-order valence-corrected chi connectivity index (χ0v) is 9.37. The second-order valence-corrected chi connectivity index (χ2v) is 4.92. The van der Waals surface area contributed by atoms with Crippen molar-refractivity contribution in [1.82, 2.24) is 0 Å². The molecule has 0 N–H and O–H groups in total. The Bertz CT molecular complexity index is 322. The molecule has 2 aliphatic carbocycles. The summed E-state index contributed by atoms with van der Waals surface area (Å²) in [4.78, 5) is 11.5. The molecule has 0 amide bonds. The first-order valence-corrected chi connectivity index (χ1v) is 5.84. The molecular weight excluding hydrogens is 233 g/mol. The fraction of sp³-hybridized carbons (Fsp3) is 0.750. The summed E-state index contributed by atoms with van der Waals surface area (Å²) >= 11 is 0. The van der Waals surface area contributed by atoms with Gasteiger partial charge in [-0.2, -0.15) is 13.2 Å². The Hall–Kier alpha value is -1.00. The normalized spacial score (nSPS) is 32.3. The Labute approximate surface area is 97.8 Å². The van der Waals surface area contributed by atoms with E-state index in [4.69, 9.17) is 0 Å². The maximum Gasteiger partial charge on any atom is 0.422 e. The van der Waals surface area contributed by atoms with E-state index in [9.17, 15) is 18.0 Å². The molecule has 1 saturated carbocycles. The van der Waals surface area contributed by atoms with Crippen LogP contribution in [0.1, 0.15) is 25.7 Å². The minimum absolute atomic E-state index is 0.339. The predicted molar refractivity (Wildman–Crippen MR) is 55.1 cm³/mol. The quantitative estimate of drug-likeness (QED) is 0.554. The molecule has 96 valence electrons. The molecular formula is C12H15F3O2. The first-order chi connectivity index (χ1) is 7.94. The van der Waals surface area contributed by atoms with E-state index in [1.165, 1.54) is 0 Å². The van der Waals surface area contributed by atoms with Crippen molar-refractivity contribution in [3.63, 3.8) is 0 Å². The van der Waals surface area contributed by atoms with Gasteiger partial charge in [-0.05, 0) is 37.5 Å². The van der Waals surface area contributed by atoms with Crippen LogP contribution in [0.2, 0.25) is 0 Å². The van der Waals surface area contributed by atoms with E-state index < -0.39 is 18.8 Å². The third-order valence-electron chi connectivity index (χ3n) is 3.43. The molecule has 0 aliphatic heterocycles. The summed E-state index contributed by atoms with van der Waals surface area (Å²) in [5, 5.41) is 0. The van der Waals surface area contributed by atoms with Crippen molar-refractivity contribution < 1.29 is 22.7 Å². The lowest BCUT2D eigenvalue weighted by Crippen LogP contribution is -2.32. The van der Waals surface area contributed by atoms with Crippen LogP contribution in [0.4, 0.5) is 13.2 Å². The largest absolute Gasteiger partial charge is 0.456 e. The first kappa shape index (κ1) is 12.5. The van der Waals surface area contributed by atoms with E-state index in [2.05, 4.69) is 16.9 Å². The van der Waals surface area contributed by atoms with Gasteiger partial charge >= 0.3 is 12.1 Å². The Balaban J connectivity index is 1.86. The van der Waals surface area contributed by atoms with Crippen molar-refractivity contribution in [3.05, 3.63) is 12.2 Å². The monoisotopic (exact) mass is 248 g/mol. The third kappa shape index (κ3) is 3.48. The molecule has 0 aromatic heterocycles. The number of carbonyl (C=O) groups excluding carboxylic acids is 1. The van der Waals surface area contributed by atoms with E-state index in [0.717, 1.165) is 12.8 Å². The van der Waals surface area contributed by atoms with Crippen LogP contribution in [0.15, 0.2) is 12.2 Å². The summed E-state index contributed by atoms with van der Waals surface area (Å²) in [6.45, 7) is -1.46. The van der Waals surface area contributed by atoms with Gasteiger partial charge in [-0.15, -0.1) is 0 Å². The van der Waals surface area contributed by atoms with Gasteiger partial charge in [-0.3, -0.25) is 4.79 Å². The van der Waals surface area contributed by atoms with Crippen LogP contribution in [-0.2, 0) is 9.53 Å². The van der Waals surface area contributed by atoms with Crippen LogP contribution in [0.25, 0.3) is 0 Å². The van der Waals surface area contributed by atoms with Crippen LogP contribution in [0.3, 0.4) is 0 Å². The molecule has 3 atom stereocenters. The molecule has 0 aromatic rings. The molecule has 0 spiro atoms. The smallest absolute Gasteiger partial charge is 0.422 e. The maximum absolute atomic E-state index is 11.9. The van der Waals surface area contributed by atoms with Crippen molar-refractivity contribution in [2.45, 2.75) is 31.9 Å². The highest BCUT2D eigenvalue weighted by Gasteiger charge is 2.36. The van der Waals surface area contributed by atoms with Crippen molar-refractivity contribution in [1.29, 1.82) is 0 Å². The van der Waals surface area contributed by atoms with E-state index in [1.54, 1.807) is 0 Å². The van der Waals surface area contributed by atoms with Gasteiger partial charge in [0, 0.05) is 0 Å². The van der Waals surface area contributed by atoms with Crippen molar-refractivity contribution >= 4 is 5.97 Å². The van der Waals surface area contributed by atoms with Crippen molar-refractivity contribution in [2.24, 2.45) is 17.8 Å². The first-order valence-electron chi connectivity index (χ1n) is 5.84. The standard InChI is InChI=1S/C12H15F3O2/c13-12(14,15)7-17-11(16)10-5-8-2-1-3-9(4-8)6-10/h1-2,8-10H,3-7H2/t8-,9+,10-/m0/s1. The number of fused-ring (bicyclic) bond motifs is 2. The Morgan fingerprint density at radius 3 is 2.71 bits per heavy atom. The molecule has 0 saturated heterocycles. The van der Waals surface area contributed by atoms with Crippen LogP contribution in [0.5, 0.6) is 0 Å². The van der Waals surface area contributed by atoms with Gasteiger partial charge in [-0.1, -0.05) is 12.2 Å². The number of halogens is 3. The fourth-order valence-corrected chi connectivity index (χ4v) is 2.76. The second kappa shape index (κ2) is 4.70. The number of rotatable bonds is 2. The minimum Gasteiger partial charge on any atom is -0.456 e. The summed E-state index contributed by atoms with van der Waals surface area (Å²) in [5.41, 5.74) is 0. The lowest BCUT2D eigenvalue weighted by molar-refractivity contribution is -0.190. The van der Waals surface area contributed by atoms with Gasteiger partial charge in [0.15, 0.2) is 6.61 Å². The number of alkyl halides is 3. The molecule has 0 radical (unpaired) electrons. The van der Waals surface area contributed by atoms with Crippen molar-refractivity contribution in [3.8, 4) is 0 Å². The average Bonchev–Trinajstić information content (AvgIpc) is 2.24. The highest BCUT2D eigenvalue weighted by atomic mass is 19.4. The summed E-state index contributed by atoms with van der Waals surface area (Å²) < 4.78 is 40.1. The maximum atomic E-state index is 11.9. The van der Waals surface area contributed by atoms with Gasteiger partial charge in [0.25, 0.3) is 0 Å². The molecule has 0 heterocycles.